The van der Waals surface area contributed by atoms with Crippen molar-refractivity contribution in [2.75, 3.05) is 5.32 Å². The van der Waals surface area contributed by atoms with Crippen LogP contribution in [0, 0.1) is 12.7 Å². The van der Waals surface area contributed by atoms with E-state index in [1.807, 2.05) is 12.1 Å². The topological polar surface area (TPSA) is 84.2 Å². The van der Waals surface area contributed by atoms with Crippen molar-refractivity contribution in [2.45, 2.75) is 19.4 Å². The number of halogens is 2. The Hall–Kier alpha value is -2.41. The van der Waals surface area contributed by atoms with Gasteiger partial charge < -0.3 is 16.4 Å². The summed E-state index contributed by atoms with van der Waals surface area (Å²) in [6.07, 6.45) is 0.00138. The Kier molecular flexibility index (Phi) is 5.92. The summed E-state index contributed by atoms with van der Waals surface area (Å²) in [6, 6.07) is 10.0. The quantitative estimate of drug-likeness (QED) is 0.724. The van der Waals surface area contributed by atoms with E-state index in [1.165, 1.54) is 18.2 Å². The number of amides is 3. The molecule has 0 saturated carbocycles. The lowest BCUT2D eigenvalue weighted by Gasteiger charge is -2.18. The molecule has 2 aromatic rings. The van der Waals surface area contributed by atoms with Gasteiger partial charge in [0.25, 0.3) is 0 Å². The minimum absolute atomic E-state index is 0.00138. The minimum Gasteiger partial charge on any atom is -0.352 e. The van der Waals surface area contributed by atoms with E-state index in [0.29, 0.717) is 11.3 Å². The number of urea groups is 1. The van der Waals surface area contributed by atoms with Gasteiger partial charge in [-0.05, 0) is 48.4 Å². The number of hydrogen-bond acceptors (Lipinski definition) is 2. The molecule has 24 heavy (non-hydrogen) atoms. The monoisotopic (exact) mass is 393 g/mol. The van der Waals surface area contributed by atoms with Crippen LogP contribution in [0.3, 0.4) is 0 Å². The number of anilines is 1. The number of benzene rings is 2. The summed E-state index contributed by atoms with van der Waals surface area (Å²) in [4.78, 5) is 23.5. The third-order valence-corrected chi connectivity index (χ3v) is 3.97. The van der Waals surface area contributed by atoms with Crippen molar-refractivity contribution in [3.63, 3.8) is 0 Å². The van der Waals surface area contributed by atoms with Crippen molar-refractivity contribution in [3.05, 3.63) is 63.9 Å². The van der Waals surface area contributed by atoms with Gasteiger partial charge in [0, 0.05) is 10.2 Å². The highest BCUT2D eigenvalue weighted by atomic mass is 79.9. The number of carbonyl (C=O) groups excluding carboxylic acids is 2. The summed E-state index contributed by atoms with van der Waals surface area (Å²) in [7, 11) is 0. The van der Waals surface area contributed by atoms with Crippen LogP contribution < -0.4 is 16.4 Å². The van der Waals surface area contributed by atoms with E-state index in [9.17, 15) is 14.0 Å². The molecule has 5 nitrogen and oxygen atoms in total. The predicted octanol–water partition coefficient (Wildman–Crippen LogP) is 3.63. The number of primary amides is 1. The van der Waals surface area contributed by atoms with E-state index >= 15 is 0 Å². The summed E-state index contributed by atoms with van der Waals surface area (Å²) in [5, 5.41) is 5.27. The van der Waals surface area contributed by atoms with Crippen molar-refractivity contribution in [2.24, 2.45) is 5.73 Å². The lowest BCUT2D eigenvalue weighted by atomic mass is 10.0. The largest absolute Gasteiger partial charge is 0.352 e. The van der Waals surface area contributed by atoms with E-state index in [4.69, 9.17) is 5.73 Å². The SMILES string of the molecule is Cc1cc(F)ccc1NC(=O)C[C@@H](NC(N)=O)c1ccc(Br)cc1. The number of nitrogens with two attached hydrogens (primary N) is 1. The molecule has 3 amide bonds. The molecule has 0 spiro atoms. The molecule has 0 bridgehead atoms. The highest BCUT2D eigenvalue weighted by Gasteiger charge is 2.18. The molecule has 4 N–H and O–H groups in total. The second-order valence-corrected chi connectivity index (χ2v) is 6.24. The maximum Gasteiger partial charge on any atom is 0.312 e. The van der Waals surface area contributed by atoms with Gasteiger partial charge in [-0.1, -0.05) is 28.1 Å². The van der Waals surface area contributed by atoms with Crippen molar-refractivity contribution in [1.82, 2.24) is 5.32 Å². The highest BCUT2D eigenvalue weighted by molar-refractivity contribution is 9.10. The third kappa shape index (κ3) is 5.06. The summed E-state index contributed by atoms with van der Waals surface area (Å²) >= 11 is 3.33. The number of carbonyl (C=O) groups is 2. The molecule has 126 valence electrons. The van der Waals surface area contributed by atoms with Crippen molar-refractivity contribution in [3.8, 4) is 0 Å². The average molecular weight is 394 g/mol. The molecule has 0 heterocycles. The van der Waals surface area contributed by atoms with Crippen LogP contribution in [0.25, 0.3) is 0 Å². The van der Waals surface area contributed by atoms with Crippen LogP contribution >= 0.6 is 15.9 Å². The molecule has 0 aliphatic rings. The van der Waals surface area contributed by atoms with Crippen molar-refractivity contribution >= 4 is 33.6 Å². The number of rotatable bonds is 5. The standard InChI is InChI=1S/C17H17BrFN3O2/c1-10-8-13(19)6-7-14(10)21-16(23)9-15(22-17(20)24)11-2-4-12(18)5-3-11/h2-8,15H,9H2,1H3,(H,21,23)(H3,20,22,24)/t15-/m1/s1. The third-order valence-electron chi connectivity index (χ3n) is 3.44. The van der Waals surface area contributed by atoms with Gasteiger partial charge in [-0.15, -0.1) is 0 Å². The second-order valence-electron chi connectivity index (χ2n) is 5.32. The predicted molar refractivity (Wildman–Crippen MR) is 94.0 cm³/mol. The van der Waals surface area contributed by atoms with Crippen molar-refractivity contribution in [1.29, 1.82) is 0 Å². The number of hydrogen-bond donors (Lipinski definition) is 3. The van der Waals surface area contributed by atoms with Crippen LogP contribution in [0.4, 0.5) is 14.9 Å². The lowest BCUT2D eigenvalue weighted by Crippen LogP contribution is -2.35. The minimum atomic E-state index is -0.714. The first-order valence-electron chi connectivity index (χ1n) is 7.22. The Balaban J connectivity index is 2.12. The molecule has 0 saturated heterocycles. The highest BCUT2D eigenvalue weighted by Crippen LogP contribution is 2.21. The van der Waals surface area contributed by atoms with E-state index < -0.39 is 12.1 Å². The average Bonchev–Trinajstić information content (AvgIpc) is 2.50. The van der Waals surface area contributed by atoms with E-state index in [1.54, 1.807) is 19.1 Å². The summed E-state index contributed by atoms with van der Waals surface area (Å²) in [5.41, 5.74) is 7.09. The van der Waals surface area contributed by atoms with Crippen LogP contribution in [-0.2, 0) is 4.79 Å². The zero-order chi connectivity index (χ0) is 17.7. The smallest absolute Gasteiger partial charge is 0.312 e. The van der Waals surface area contributed by atoms with Gasteiger partial charge in [-0.25, -0.2) is 9.18 Å². The van der Waals surface area contributed by atoms with E-state index in [0.717, 1.165) is 10.0 Å². The Morgan fingerprint density at radius 3 is 2.46 bits per heavy atom. The normalized spacial score (nSPS) is 11.6. The Bertz CT molecular complexity index is 750. The molecule has 2 aromatic carbocycles. The molecule has 7 heteroatoms. The molecule has 0 aromatic heterocycles. The fourth-order valence-electron chi connectivity index (χ4n) is 2.27. The molecule has 0 aliphatic heterocycles. The van der Waals surface area contributed by atoms with Gasteiger partial charge in [-0.2, -0.15) is 0 Å². The van der Waals surface area contributed by atoms with Gasteiger partial charge in [0.2, 0.25) is 5.91 Å². The summed E-state index contributed by atoms with van der Waals surface area (Å²) in [6.45, 7) is 1.70. The molecule has 0 fully saturated rings. The fraction of sp³-hybridized carbons (Fsp3) is 0.176. The van der Waals surface area contributed by atoms with Crippen LogP contribution in [0.15, 0.2) is 46.9 Å². The van der Waals surface area contributed by atoms with Gasteiger partial charge in [0.05, 0.1) is 12.5 Å². The molecule has 1 atom stereocenters. The van der Waals surface area contributed by atoms with Crippen LogP contribution in [0.2, 0.25) is 0 Å². The van der Waals surface area contributed by atoms with Crippen molar-refractivity contribution < 1.29 is 14.0 Å². The maximum absolute atomic E-state index is 13.1. The van der Waals surface area contributed by atoms with E-state index in [2.05, 4.69) is 26.6 Å². The maximum atomic E-state index is 13.1. The Morgan fingerprint density at radius 2 is 1.88 bits per heavy atom. The van der Waals surface area contributed by atoms with Crippen LogP contribution in [0.1, 0.15) is 23.6 Å². The number of aryl methyl sites for hydroxylation is 1. The fourth-order valence-corrected chi connectivity index (χ4v) is 2.54. The Morgan fingerprint density at radius 1 is 1.21 bits per heavy atom. The molecule has 2 rings (SSSR count). The zero-order valence-electron chi connectivity index (χ0n) is 13.0. The summed E-state index contributed by atoms with van der Waals surface area (Å²) in [5.74, 6) is -0.681. The van der Waals surface area contributed by atoms with Crippen LogP contribution in [0.5, 0.6) is 0 Å². The van der Waals surface area contributed by atoms with Gasteiger partial charge in [-0.3, -0.25) is 4.79 Å². The van der Waals surface area contributed by atoms with Gasteiger partial charge >= 0.3 is 6.03 Å². The molecule has 0 radical (unpaired) electrons. The van der Waals surface area contributed by atoms with Gasteiger partial charge in [0.1, 0.15) is 5.82 Å². The first kappa shape index (κ1) is 17.9. The molecule has 0 aliphatic carbocycles. The zero-order valence-corrected chi connectivity index (χ0v) is 14.6. The van der Waals surface area contributed by atoms with Gasteiger partial charge in [0.15, 0.2) is 0 Å². The summed E-state index contributed by atoms with van der Waals surface area (Å²) < 4.78 is 14.0. The molecular formula is C17H17BrFN3O2. The van der Waals surface area contributed by atoms with Crippen LogP contribution in [-0.4, -0.2) is 11.9 Å². The van der Waals surface area contributed by atoms with E-state index in [-0.39, 0.29) is 18.1 Å². The first-order chi connectivity index (χ1) is 11.3. The lowest BCUT2D eigenvalue weighted by molar-refractivity contribution is -0.116. The second kappa shape index (κ2) is 7.92. The Labute approximate surface area is 147 Å². The number of nitrogens with one attached hydrogen (secondary N) is 2. The molecular weight excluding hydrogens is 377 g/mol. The molecule has 0 unspecified atom stereocenters. The first-order valence-corrected chi connectivity index (χ1v) is 8.02.